The molecule has 4 nitrogen and oxygen atoms in total. The van der Waals surface area contributed by atoms with Crippen molar-refractivity contribution in [2.75, 3.05) is 7.11 Å². The Bertz CT molecular complexity index is 480. The number of nitrogens with zero attached hydrogens (tertiary/aromatic N) is 1. The van der Waals surface area contributed by atoms with Crippen LogP contribution in [0.2, 0.25) is 0 Å². The van der Waals surface area contributed by atoms with E-state index in [0.29, 0.717) is 5.71 Å². The molecule has 0 fully saturated rings. The number of carbonyl (C=O) groups excluding carboxylic acids is 1. The maximum atomic E-state index is 11.2. The molecule has 112 valence electrons. The smallest absolute Gasteiger partial charge is 0.349 e. The number of alkyl halides is 3. The van der Waals surface area contributed by atoms with Gasteiger partial charge in [-0.25, -0.2) is 4.79 Å². The molecule has 0 bridgehead atoms. The van der Waals surface area contributed by atoms with Gasteiger partial charge in [0.15, 0.2) is 0 Å². The average molecular weight is 341 g/mol. The Labute approximate surface area is 133 Å². The monoisotopic (exact) mass is 339 g/mol. The first-order chi connectivity index (χ1) is 9.10. The Hall–Kier alpha value is -0.710. The predicted molar refractivity (Wildman–Crippen MR) is 81.3 cm³/mol. The molecule has 0 aromatic heterocycles. The zero-order valence-electron chi connectivity index (χ0n) is 11.6. The molecule has 0 amide bonds. The maximum Gasteiger partial charge on any atom is 0.349 e. The molecule has 7 heteroatoms. The van der Waals surface area contributed by atoms with E-state index >= 15 is 0 Å². The zero-order valence-corrected chi connectivity index (χ0v) is 13.9. The summed E-state index contributed by atoms with van der Waals surface area (Å²) in [4.78, 5) is 16.3. The fourth-order valence-electron chi connectivity index (χ4n) is 1.58. The SMILES string of the molecule is COC(=O)[C@H](C)O/N=C1\C=C[C@@](C)(C(Cl)(Cl)Cl)C=C1C. The maximum absolute atomic E-state index is 11.2. The van der Waals surface area contributed by atoms with Crippen LogP contribution in [0.3, 0.4) is 0 Å². The Morgan fingerprint density at radius 3 is 2.50 bits per heavy atom. The van der Waals surface area contributed by atoms with Gasteiger partial charge in [-0.15, -0.1) is 0 Å². The lowest BCUT2D eigenvalue weighted by molar-refractivity contribution is -0.152. The van der Waals surface area contributed by atoms with Crippen molar-refractivity contribution in [3.05, 3.63) is 23.8 Å². The van der Waals surface area contributed by atoms with Crippen LogP contribution in [0.15, 0.2) is 29.0 Å². The summed E-state index contributed by atoms with van der Waals surface area (Å²) in [5.41, 5.74) is 0.625. The van der Waals surface area contributed by atoms with Crippen LogP contribution in [-0.4, -0.2) is 28.7 Å². The van der Waals surface area contributed by atoms with Crippen LogP contribution in [0.4, 0.5) is 0 Å². The standard InChI is InChI=1S/C13H16Cl3NO3/c1-8-7-12(3,13(14,15)16)6-5-10(8)17-20-9(2)11(18)19-4/h5-7,9H,1-4H3/b17-10+/t9-,12+/m0/s1. The summed E-state index contributed by atoms with van der Waals surface area (Å²) in [6.07, 6.45) is 4.44. The Morgan fingerprint density at radius 2 is 2.05 bits per heavy atom. The molecule has 0 aliphatic heterocycles. The van der Waals surface area contributed by atoms with E-state index < -0.39 is 21.3 Å². The van der Waals surface area contributed by atoms with Gasteiger partial charge in [0.05, 0.1) is 12.5 Å². The molecule has 0 aromatic carbocycles. The molecule has 1 rings (SSSR count). The first kappa shape index (κ1) is 17.3. The number of esters is 1. The number of oxime groups is 1. The molecule has 1 aliphatic carbocycles. The van der Waals surface area contributed by atoms with Crippen LogP contribution in [0.5, 0.6) is 0 Å². The first-order valence-electron chi connectivity index (χ1n) is 5.88. The number of hydrogen-bond donors (Lipinski definition) is 0. The molecule has 0 spiro atoms. The van der Waals surface area contributed by atoms with Crippen molar-refractivity contribution in [1.82, 2.24) is 0 Å². The van der Waals surface area contributed by atoms with E-state index in [-0.39, 0.29) is 0 Å². The second-order valence-electron chi connectivity index (χ2n) is 4.69. The lowest BCUT2D eigenvalue weighted by Crippen LogP contribution is -2.31. The molecule has 1 aliphatic rings. The molecule has 0 heterocycles. The summed E-state index contributed by atoms with van der Waals surface area (Å²) >= 11 is 17.9. The van der Waals surface area contributed by atoms with Crippen molar-refractivity contribution >= 4 is 46.5 Å². The molecule has 0 aromatic rings. The van der Waals surface area contributed by atoms with Gasteiger partial charge in [0.25, 0.3) is 0 Å². The Balaban J connectivity index is 2.86. The van der Waals surface area contributed by atoms with Crippen LogP contribution in [0.1, 0.15) is 20.8 Å². The van der Waals surface area contributed by atoms with E-state index in [4.69, 9.17) is 39.6 Å². The number of hydrogen-bond acceptors (Lipinski definition) is 4. The zero-order chi connectivity index (χ0) is 15.6. The van der Waals surface area contributed by atoms with Gasteiger partial charge in [0, 0.05) is 0 Å². The van der Waals surface area contributed by atoms with E-state index in [1.165, 1.54) is 7.11 Å². The summed E-state index contributed by atoms with van der Waals surface area (Å²) in [6, 6.07) is 0. The van der Waals surface area contributed by atoms with Crippen LogP contribution >= 0.6 is 34.8 Å². The number of allylic oxidation sites excluding steroid dienone is 4. The second kappa shape index (κ2) is 6.37. The normalized spacial score (nSPS) is 26.1. The van der Waals surface area contributed by atoms with Gasteiger partial charge in [-0.3, -0.25) is 0 Å². The van der Waals surface area contributed by atoms with Gasteiger partial charge < -0.3 is 9.57 Å². The predicted octanol–water partition coefficient (Wildman–Crippen LogP) is 3.81. The topological polar surface area (TPSA) is 47.9 Å². The van der Waals surface area contributed by atoms with E-state index in [2.05, 4.69) is 9.89 Å². The van der Waals surface area contributed by atoms with Crippen molar-refractivity contribution in [1.29, 1.82) is 0 Å². The average Bonchev–Trinajstić information content (AvgIpc) is 2.35. The summed E-state index contributed by atoms with van der Waals surface area (Å²) in [6.45, 7) is 5.17. The largest absolute Gasteiger partial charge is 0.466 e. The highest BCUT2D eigenvalue weighted by Gasteiger charge is 2.42. The van der Waals surface area contributed by atoms with E-state index in [1.54, 1.807) is 32.1 Å². The number of halogens is 3. The number of rotatable bonds is 3. The molecule has 2 atom stereocenters. The van der Waals surface area contributed by atoms with Crippen LogP contribution in [0, 0.1) is 5.41 Å². The van der Waals surface area contributed by atoms with Crippen molar-refractivity contribution < 1.29 is 14.4 Å². The summed E-state index contributed by atoms with van der Waals surface area (Å²) < 4.78 is 3.08. The third kappa shape index (κ3) is 3.90. The first-order valence-corrected chi connectivity index (χ1v) is 7.01. The van der Waals surface area contributed by atoms with Crippen molar-refractivity contribution in [2.45, 2.75) is 30.7 Å². The van der Waals surface area contributed by atoms with E-state index in [9.17, 15) is 4.79 Å². The second-order valence-corrected chi connectivity index (χ2v) is 6.97. The highest BCUT2D eigenvalue weighted by molar-refractivity contribution is 6.68. The van der Waals surface area contributed by atoms with Crippen LogP contribution in [0.25, 0.3) is 0 Å². The van der Waals surface area contributed by atoms with E-state index in [1.807, 2.05) is 6.92 Å². The minimum Gasteiger partial charge on any atom is -0.466 e. The summed E-state index contributed by atoms with van der Waals surface area (Å²) in [5.74, 6) is -0.498. The molecule has 20 heavy (non-hydrogen) atoms. The van der Waals surface area contributed by atoms with Gasteiger partial charge in [0.1, 0.15) is 5.71 Å². The lowest BCUT2D eigenvalue weighted by atomic mass is 9.84. The fraction of sp³-hybridized carbons (Fsp3) is 0.538. The third-order valence-electron chi connectivity index (χ3n) is 2.96. The number of carbonyl (C=O) groups is 1. The summed E-state index contributed by atoms with van der Waals surface area (Å²) in [5, 5.41) is 3.91. The van der Waals surface area contributed by atoms with Gasteiger partial charge in [0.2, 0.25) is 9.90 Å². The quantitative estimate of drug-likeness (QED) is 0.446. The highest BCUT2D eigenvalue weighted by Crippen LogP contribution is 2.48. The van der Waals surface area contributed by atoms with Gasteiger partial charge in [-0.05, 0) is 32.4 Å². The fourth-order valence-corrected chi connectivity index (χ4v) is 1.93. The van der Waals surface area contributed by atoms with Gasteiger partial charge in [-0.2, -0.15) is 0 Å². The summed E-state index contributed by atoms with van der Waals surface area (Å²) in [7, 11) is 1.29. The molecule has 0 saturated heterocycles. The van der Waals surface area contributed by atoms with Crippen molar-refractivity contribution in [3.8, 4) is 0 Å². The molecule has 0 radical (unpaired) electrons. The van der Waals surface area contributed by atoms with Crippen molar-refractivity contribution in [2.24, 2.45) is 10.6 Å². The molecule has 0 unspecified atom stereocenters. The molecular weight excluding hydrogens is 325 g/mol. The lowest BCUT2D eigenvalue weighted by Gasteiger charge is -2.33. The van der Waals surface area contributed by atoms with Gasteiger partial charge >= 0.3 is 5.97 Å². The third-order valence-corrected chi connectivity index (χ3v) is 4.18. The number of ether oxygens (including phenoxy) is 1. The Morgan fingerprint density at radius 1 is 1.45 bits per heavy atom. The van der Waals surface area contributed by atoms with Crippen LogP contribution < -0.4 is 0 Å². The molecule has 0 N–H and O–H groups in total. The van der Waals surface area contributed by atoms with Crippen molar-refractivity contribution in [3.63, 3.8) is 0 Å². The molecule has 0 saturated carbocycles. The Kier molecular flexibility index (Phi) is 5.53. The number of methoxy groups -OCH3 is 1. The minimum atomic E-state index is -1.46. The minimum absolute atomic E-state index is 0.498. The van der Waals surface area contributed by atoms with Crippen LogP contribution in [-0.2, 0) is 14.4 Å². The van der Waals surface area contributed by atoms with E-state index in [0.717, 1.165) is 5.57 Å². The van der Waals surface area contributed by atoms with Gasteiger partial charge in [-0.1, -0.05) is 52.1 Å². The molecular formula is C13H16Cl3NO3. The highest BCUT2D eigenvalue weighted by atomic mass is 35.6.